The van der Waals surface area contributed by atoms with E-state index in [0.717, 1.165) is 22.3 Å². The maximum Gasteiger partial charge on any atom is 0.119 e. The standard InChI is InChI=1S/C9H8BrNOS/c1-12-8-2-3-9(11-6-13)7(4-8)5-10/h2-4H,5H2,1H3. The molecule has 2 nitrogen and oxygen atoms in total. The fraction of sp³-hybridized carbons (Fsp3) is 0.222. The van der Waals surface area contributed by atoms with E-state index >= 15 is 0 Å². The Morgan fingerprint density at radius 3 is 2.92 bits per heavy atom. The highest BCUT2D eigenvalue weighted by Gasteiger charge is 2.01. The van der Waals surface area contributed by atoms with Crippen LogP contribution in [0.5, 0.6) is 5.75 Å². The number of thiocarbonyl (C=S) groups is 1. The van der Waals surface area contributed by atoms with Gasteiger partial charge in [0.1, 0.15) is 5.75 Å². The summed E-state index contributed by atoms with van der Waals surface area (Å²) >= 11 is 7.90. The van der Waals surface area contributed by atoms with E-state index in [0.29, 0.717) is 0 Å². The lowest BCUT2D eigenvalue weighted by atomic mass is 10.2. The summed E-state index contributed by atoms with van der Waals surface area (Å²) in [6, 6.07) is 5.62. The number of benzene rings is 1. The van der Waals surface area contributed by atoms with Crippen LogP contribution in [0, 0.1) is 0 Å². The molecule has 0 aliphatic rings. The minimum absolute atomic E-state index is 0.722. The fourth-order valence-corrected chi connectivity index (χ4v) is 1.50. The van der Waals surface area contributed by atoms with Gasteiger partial charge in [0.15, 0.2) is 0 Å². The molecule has 0 saturated heterocycles. The molecule has 4 heteroatoms. The molecule has 0 spiro atoms. The Balaban J connectivity index is 3.15. The number of methoxy groups -OCH3 is 1. The third-order valence-corrected chi connectivity index (χ3v) is 2.29. The third kappa shape index (κ3) is 2.62. The van der Waals surface area contributed by atoms with Crippen molar-refractivity contribution in [3.63, 3.8) is 0 Å². The van der Waals surface area contributed by atoms with Gasteiger partial charge in [-0.1, -0.05) is 15.9 Å². The van der Waals surface area contributed by atoms with E-state index in [-0.39, 0.29) is 0 Å². The largest absolute Gasteiger partial charge is 0.497 e. The summed E-state index contributed by atoms with van der Waals surface area (Å²) in [7, 11) is 1.63. The molecule has 0 heterocycles. The Labute approximate surface area is 90.8 Å². The van der Waals surface area contributed by atoms with Crippen LogP contribution in [-0.4, -0.2) is 12.3 Å². The van der Waals surface area contributed by atoms with Crippen LogP contribution in [0.15, 0.2) is 23.2 Å². The first-order valence-corrected chi connectivity index (χ1v) is 5.15. The SMILES string of the molecule is COc1ccc(N=C=S)c(CBr)c1. The second-order valence-electron chi connectivity index (χ2n) is 2.33. The van der Waals surface area contributed by atoms with Crippen LogP contribution >= 0.6 is 28.1 Å². The molecule has 0 radical (unpaired) electrons. The van der Waals surface area contributed by atoms with Gasteiger partial charge >= 0.3 is 0 Å². The Hall–Kier alpha value is -0.700. The van der Waals surface area contributed by atoms with Gasteiger partial charge in [-0.25, -0.2) is 0 Å². The van der Waals surface area contributed by atoms with Gasteiger partial charge in [0.2, 0.25) is 0 Å². The quantitative estimate of drug-likeness (QED) is 0.471. The van der Waals surface area contributed by atoms with Crippen LogP contribution in [0.4, 0.5) is 5.69 Å². The molecule has 0 fully saturated rings. The summed E-state index contributed by atoms with van der Waals surface area (Å²) in [4.78, 5) is 3.93. The molecule has 68 valence electrons. The average molecular weight is 258 g/mol. The second kappa shape index (κ2) is 5.12. The first kappa shape index (κ1) is 10.4. The molecule has 1 aromatic rings. The Bertz CT molecular complexity index is 347. The fourth-order valence-electron chi connectivity index (χ4n) is 0.954. The van der Waals surface area contributed by atoms with E-state index in [4.69, 9.17) is 4.74 Å². The number of hydrogen-bond donors (Lipinski definition) is 0. The van der Waals surface area contributed by atoms with E-state index in [1.54, 1.807) is 7.11 Å². The molecular formula is C9H8BrNOS. The number of rotatable bonds is 3. The maximum atomic E-state index is 5.08. The molecule has 0 aliphatic carbocycles. The zero-order valence-electron chi connectivity index (χ0n) is 7.08. The molecule has 0 amide bonds. The van der Waals surface area contributed by atoms with Gasteiger partial charge in [-0.05, 0) is 36.0 Å². The number of nitrogens with zero attached hydrogens (tertiary/aromatic N) is 1. The lowest BCUT2D eigenvalue weighted by Gasteiger charge is -2.03. The van der Waals surface area contributed by atoms with E-state index in [1.165, 1.54) is 0 Å². The number of halogens is 1. The van der Waals surface area contributed by atoms with Crippen LogP contribution in [0.2, 0.25) is 0 Å². The highest BCUT2D eigenvalue weighted by Crippen LogP contribution is 2.25. The van der Waals surface area contributed by atoms with E-state index in [2.05, 4.69) is 38.3 Å². The lowest BCUT2D eigenvalue weighted by Crippen LogP contribution is -1.85. The van der Waals surface area contributed by atoms with Gasteiger partial charge in [0.25, 0.3) is 0 Å². The molecule has 0 saturated carbocycles. The van der Waals surface area contributed by atoms with Crippen LogP contribution in [0.25, 0.3) is 0 Å². The third-order valence-electron chi connectivity index (χ3n) is 1.60. The topological polar surface area (TPSA) is 21.6 Å². The van der Waals surface area contributed by atoms with Gasteiger partial charge in [-0.2, -0.15) is 4.99 Å². The summed E-state index contributed by atoms with van der Waals surface area (Å²) in [6.45, 7) is 0. The summed E-state index contributed by atoms with van der Waals surface area (Å²) in [5.74, 6) is 0.817. The maximum absolute atomic E-state index is 5.08. The van der Waals surface area contributed by atoms with Crippen LogP contribution in [0.3, 0.4) is 0 Å². The summed E-state index contributed by atoms with van der Waals surface area (Å²) < 4.78 is 5.08. The molecule has 0 N–H and O–H groups in total. The van der Waals surface area contributed by atoms with Crippen LogP contribution in [0.1, 0.15) is 5.56 Å². The van der Waals surface area contributed by atoms with Gasteiger partial charge in [-0.15, -0.1) is 0 Å². The Morgan fingerprint density at radius 2 is 2.38 bits per heavy atom. The number of isothiocyanates is 1. The predicted molar refractivity (Wildman–Crippen MR) is 60.3 cm³/mol. The summed E-state index contributed by atoms with van der Waals surface area (Å²) in [5.41, 5.74) is 1.87. The molecule has 0 aliphatic heterocycles. The minimum atomic E-state index is 0.722. The van der Waals surface area contributed by atoms with Crippen LogP contribution < -0.4 is 4.74 Å². The number of aliphatic imine (C=N–C) groups is 1. The van der Waals surface area contributed by atoms with Crippen molar-refractivity contribution < 1.29 is 4.74 Å². The van der Waals surface area contributed by atoms with Crippen molar-refractivity contribution in [3.8, 4) is 5.75 Å². The monoisotopic (exact) mass is 257 g/mol. The van der Waals surface area contributed by atoms with Crippen molar-refractivity contribution in [1.29, 1.82) is 0 Å². The smallest absolute Gasteiger partial charge is 0.119 e. The first-order valence-electron chi connectivity index (χ1n) is 3.62. The molecule has 1 rings (SSSR count). The van der Waals surface area contributed by atoms with E-state index in [9.17, 15) is 0 Å². The van der Waals surface area contributed by atoms with Gasteiger partial charge in [-0.3, -0.25) is 0 Å². The van der Waals surface area contributed by atoms with Crippen molar-refractivity contribution in [2.24, 2.45) is 4.99 Å². The molecular weight excluding hydrogens is 250 g/mol. The Morgan fingerprint density at radius 1 is 1.62 bits per heavy atom. The molecule has 0 atom stereocenters. The van der Waals surface area contributed by atoms with Gasteiger partial charge in [0, 0.05) is 5.33 Å². The van der Waals surface area contributed by atoms with E-state index in [1.807, 2.05) is 18.2 Å². The highest BCUT2D eigenvalue weighted by molar-refractivity contribution is 9.08. The molecule has 1 aromatic carbocycles. The average Bonchev–Trinajstić information content (AvgIpc) is 2.19. The van der Waals surface area contributed by atoms with E-state index < -0.39 is 0 Å². The van der Waals surface area contributed by atoms with Crippen LogP contribution in [-0.2, 0) is 5.33 Å². The summed E-state index contributed by atoms with van der Waals surface area (Å²) in [6.07, 6.45) is 0. The van der Waals surface area contributed by atoms with Gasteiger partial charge < -0.3 is 4.74 Å². The number of alkyl halides is 1. The molecule has 0 unspecified atom stereocenters. The zero-order chi connectivity index (χ0) is 9.68. The molecule has 13 heavy (non-hydrogen) atoms. The van der Waals surface area contributed by atoms with Crippen molar-refractivity contribution >= 4 is 39.0 Å². The first-order chi connectivity index (χ1) is 6.31. The predicted octanol–water partition coefficient (Wildman–Crippen LogP) is 3.32. The zero-order valence-corrected chi connectivity index (χ0v) is 9.48. The van der Waals surface area contributed by atoms with Crippen molar-refractivity contribution in [3.05, 3.63) is 23.8 Å². The van der Waals surface area contributed by atoms with Crippen molar-refractivity contribution in [2.45, 2.75) is 5.33 Å². The van der Waals surface area contributed by atoms with Crippen molar-refractivity contribution in [1.82, 2.24) is 0 Å². The summed E-state index contributed by atoms with van der Waals surface area (Å²) in [5, 5.41) is 3.07. The Kier molecular flexibility index (Phi) is 4.09. The molecule has 0 aromatic heterocycles. The van der Waals surface area contributed by atoms with Gasteiger partial charge in [0.05, 0.1) is 18.0 Å². The lowest BCUT2D eigenvalue weighted by molar-refractivity contribution is 0.414. The molecule has 0 bridgehead atoms. The minimum Gasteiger partial charge on any atom is -0.497 e. The highest BCUT2D eigenvalue weighted by atomic mass is 79.9. The second-order valence-corrected chi connectivity index (χ2v) is 3.07. The number of hydrogen-bond acceptors (Lipinski definition) is 3. The van der Waals surface area contributed by atoms with Crippen molar-refractivity contribution in [2.75, 3.05) is 7.11 Å². The normalized spacial score (nSPS) is 9.08. The number of ether oxygens (including phenoxy) is 1.